The number of fused-ring (bicyclic) bond motifs is 1. The number of aliphatic hydroxyl groups is 1. The zero-order valence-corrected chi connectivity index (χ0v) is 18.7. The van der Waals surface area contributed by atoms with E-state index in [2.05, 4.69) is 20.4 Å². The molecule has 0 aliphatic heterocycles. The highest BCUT2D eigenvalue weighted by atomic mass is 35.5. The predicted molar refractivity (Wildman–Crippen MR) is 123 cm³/mol. The van der Waals surface area contributed by atoms with Gasteiger partial charge in [0.1, 0.15) is 17.7 Å². The van der Waals surface area contributed by atoms with Gasteiger partial charge >= 0.3 is 6.18 Å². The minimum absolute atomic E-state index is 0.00105. The van der Waals surface area contributed by atoms with Crippen molar-refractivity contribution in [1.29, 1.82) is 0 Å². The van der Waals surface area contributed by atoms with Gasteiger partial charge in [-0.2, -0.15) is 18.3 Å². The molecule has 0 fully saturated rings. The Balaban J connectivity index is 1.58. The molecule has 6 N–H and O–H groups in total. The first kappa shape index (κ1) is 24.2. The van der Waals surface area contributed by atoms with Crippen LogP contribution in [0.1, 0.15) is 34.0 Å². The molecule has 0 saturated heterocycles. The van der Waals surface area contributed by atoms with Crippen LogP contribution in [0.3, 0.4) is 0 Å². The van der Waals surface area contributed by atoms with E-state index < -0.39 is 29.3 Å². The number of nitrogens with zero attached hydrogens (tertiary/aromatic N) is 4. The van der Waals surface area contributed by atoms with Crippen molar-refractivity contribution in [3.8, 4) is 11.3 Å². The van der Waals surface area contributed by atoms with Crippen LogP contribution in [0.15, 0.2) is 48.9 Å². The maximum absolute atomic E-state index is 13.6. The van der Waals surface area contributed by atoms with Crippen molar-refractivity contribution in [1.82, 2.24) is 24.9 Å². The fraction of sp³-hybridized carbons (Fsp3) is 0.182. The Morgan fingerprint density at radius 2 is 1.86 bits per heavy atom. The Kier molecular flexibility index (Phi) is 6.50. The van der Waals surface area contributed by atoms with E-state index in [4.69, 9.17) is 23.1 Å². The Hall–Kier alpha value is -3.90. The number of nitrogens with two attached hydrogens (primary N) is 2. The number of carbonyl (C=O) groups is 1. The van der Waals surface area contributed by atoms with Crippen LogP contribution < -0.4 is 16.8 Å². The molecular weight excluding hydrogens is 487 g/mol. The molecule has 182 valence electrons. The Morgan fingerprint density at radius 1 is 1.14 bits per heavy atom. The van der Waals surface area contributed by atoms with Gasteiger partial charge in [0.05, 0.1) is 22.9 Å². The zero-order chi connectivity index (χ0) is 25.3. The summed E-state index contributed by atoms with van der Waals surface area (Å²) < 4.78 is 41.8. The van der Waals surface area contributed by atoms with Crippen LogP contribution in [0.2, 0.25) is 5.02 Å². The molecular formula is C22H19ClF3N7O2. The van der Waals surface area contributed by atoms with Gasteiger partial charge < -0.3 is 21.9 Å². The van der Waals surface area contributed by atoms with Gasteiger partial charge in [0.15, 0.2) is 5.82 Å². The second-order valence-corrected chi connectivity index (χ2v) is 8.05. The molecule has 13 heteroatoms. The van der Waals surface area contributed by atoms with E-state index in [1.807, 2.05) is 0 Å². The van der Waals surface area contributed by atoms with E-state index in [0.717, 1.165) is 16.9 Å². The first-order valence-corrected chi connectivity index (χ1v) is 10.6. The van der Waals surface area contributed by atoms with Gasteiger partial charge in [-0.05, 0) is 36.2 Å². The van der Waals surface area contributed by atoms with E-state index in [1.165, 1.54) is 12.3 Å². The summed E-state index contributed by atoms with van der Waals surface area (Å²) in [5.74, 6) is -1.07. The van der Waals surface area contributed by atoms with Crippen molar-refractivity contribution in [2.75, 3.05) is 18.0 Å². The molecule has 0 radical (unpaired) electrons. The van der Waals surface area contributed by atoms with Gasteiger partial charge in [-0.15, -0.1) is 0 Å². The molecule has 1 unspecified atom stereocenters. The standard InChI is InChI=1S/C22H19ClF3N7O2/c23-13-3-1-11(2-4-13)17(34)5-6-29-21(35)14-7-12(9-30-19(14)27)16-8-15(22(24,25)26)18-20(28)31-10-32-33(16)18/h1-4,7-10,17,34H,5-6H2,(H2,27,30)(H,29,35)(H2,28,31,32). The van der Waals surface area contributed by atoms with Crippen molar-refractivity contribution in [2.45, 2.75) is 18.7 Å². The summed E-state index contributed by atoms with van der Waals surface area (Å²) in [7, 11) is 0. The number of nitrogen functional groups attached to an aromatic ring is 2. The second kappa shape index (κ2) is 9.39. The van der Waals surface area contributed by atoms with E-state index in [0.29, 0.717) is 10.6 Å². The lowest BCUT2D eigenvalue weighted by Crippen LogP contribution is -2.26. The first-order chi connectivity index (χ1) is 16.6. The number of nitrogens with one attached hydrogen (secondary N) is 1. The van der Waals surface area contributed by atoms with Crippen LogP contribution in [0.25, 0.3) is 16.8 Å². The molecule has 9 nitrogen and oxygen atoms in total. The van der Waals surface area contributed by atoms with Crippen molar-refractivity contribution in [3.05, 3.63) is 70.6 Å². The van der Waals surface area contributed by atoms with E-state index in [-0.39, 0.29) is 41.4 Å². The summed E-state index contributed by atoms with van der Waals surface area (Å²) in [5.41, 5.74) is 10.8. The SMILES string of the molecule is Nc1ncc(-c2cc(C(F)(F)F)c3c(N)ncnn23)cc1C(=O)NCCC(O)c1ccc(Cl)cc1. The molecule has 3 aromatic heterocycles. The number of rotatable bonds is 6. The summed E-state index contributed by atoms with van der Waals surface area (Å²) >= 11 is 5.84. The highest BCUT2D eigenvalue weighted by Gasteiger charge is 2.36. The number of alkyl halides is 3. The third-order valence-electron chi connectivity index (χ3n) is 5.31. The summed E-state index contributed by atoms with van der Waals surface area (Å²) in [6.45, 7) is 0.0995. The van der Waals surface area contributed by atoms with Crippen molar-refractivity contribution in [2.24, 2.45) is 0 Å². The van der Waals surface area contributed by atoms with E-state index >= 15 is 0 Å². The average molecular weight is 506 g/mol. The first-order valence-electron chi connectivity index (χ1n) is 10.2. The molecule has 3 heterocycles. The number of pyridine rings is 1. The van der Waals surface area contributed by atoms with E-state index in [1.54, 1.807) is 24.3 Å². The Labute approximate surface area is 201 Å². The smallest absolute Gasteiger partial charge is 0.388 e. The van der Waals surface area contributed by atoms with Crippen LogP contribution >= 0.6 is 11.6 Å². The summed E-state index contributed by atoms with van der Waals surface area (Å²) in [5, 5.41) is 17.3. The zero-order valence-electron chi connectivity index (χ0n) is 17.9. The van der Waals surface area contributed by atoms with Crippen LogP contribution in [0, 0.1) is 0 Å². The van der Waals surface area contributed by atoms with Crippen LogP contribution in [-0.4, -0.2) is 37.1 Å². The fourth-order valence-electron chi connectivity index (χ4n) is 3.56. The number of hydrogen-bond acceptors (Lipinski definition) is 7. The molecule has 1 atom stereocenters. The number of carbonyl (C=O) groups excluding carboxylic acids is 1. The summed E-state index contributed by atoms with van der Waals surface area (Å²) in [6, 6.07) is 8.81. The van der Waals surface area contributed by atoms with Gasteiger partial charge in [-0.25, -0.2) is 14.5 Å². The van der Waals surface area contributed by atoms with Gasteiger partial charge in [-0.3, -0.25) is 4.79 Å². The van der Waals surface area contributed by atoms with Crippen LogP contribution in [0.4, 0.5) is 24.8 Å². The van der Waals surface area contributed by atoms with Gasteiger partial charge in [0.25, 0.3) is 5.91 Å². The highest BCUT2D eigenvalue weighted by molar-refractivity contribution is 6.30. The van der Waals surface area contributed by atoms with Crippen molar-refractivity contribution >= 4 is 34.7 Å². The normalized spacial score (nSPS) is 12.6. The third-order valence-corrected chi connectivity index (χ3v) is 5.56. The lowest BCUT2D eigenvalue weighted by Gasteiger charge is -2.13. The monoisotopic (exact) mass is 505 g/mol. The largest absolute Gasteiger partial charge is 0.418 e. The molecule has 0 saturated carbocycles. The number of amides is 1. The molecule has 0 aliphatic rings. The minimum Gasteiger partial charge on any atom is -0.388 e. The van der Waals surface area contributed by atoms with Gasteiger partial charge in [-0.1, -0.05) is 23.7 Å². The summed E-state index contributed by atoms with van der Waals surface area (Å²) in [4.78, 5) is 20.3. The predicted octanol–water partition coefficient (Wildman–Crippen LogP) is 3.48. The average Bonchev–Trinajstić information content (AvgIpc) is 3.21. The van der Waals surface area contributed by atoms with Crippen molar-refractivity contribution < 1.29 is 23.1 Å². The Morgan fingerprint density at radius 3 is 2.54 bits per heavy atom. The number of aliphatic hydroxyl groups excluding tert-OH is 1. The summed E-state index contributed by atoms with van der Waals surface area (Å²) in [6.07, 6.45) is -3.09. The molecule has 0 bridgehead atoms. The second-order valence-electron chi connectivity index (χ2n) is 7.62. The maximum Gasteiger partial charge on any atom is 0.418 e. The number of benzene rings is 1. The quantitative estimate of drug-likeness (QED) is 0.314. The third kappa shape index (κ3) is 4.98. The number of halogens is 4. The molecule has 35 heavy (non-hydrogen) atoms. The Bertz CT molecular complexity index is 1390. The maximum atomic E-state index is 13.6. The number of anilines is 2. The van der Waals surface area contributed by atoms with Crippen LogP contribution in [0.5, 0.6) is 0 Å². The molecule has 1 amide bonds. The van der Waals surface area contributed by atoms with Crippen LogP contribution in [-0.2, 0) is 6.18 Å². The number of aromatic nitrogens is 4. The molecule has 4 rings (SSSR count). The topological polar surface area (TPSA) is 144 Å². The van der Waals surface area contributed by atoms with Crippen molar-refractivity contribution in [3.63, 3.8) is 0 Å². The van der Waals surface area contributed by atoms with Gasteiger partial charge in [0, 0.05) is 23.3 Å². The number of hydrogen-bond donors (Lipinski definition) is 4. The lowest BCUT2D eigenvalue weighted by atomic mass is 10.1. The fourth-order valence-corrected chi connectivity index (χ4v) is 3.68. The molecule has 0 spiro atoms. The lowest BCUT2D eigenvalue weighted by molar-refractivity contribution is -0.136. The molecule has 4 aromatic rings. The van der Waals surface area contributed by atoms with E-state index in [9.17, 15) is 23.1 Å². The molecule has 0 aliphatic carbocycles. The minimum atomic E-state index is -4.71. The highest BCUT2D eigenvalue weighted by Crippen LogP contribution is 2.38. The van der Waals surface area contributed by atoms with Gasteiger partial charge in [0.2, 0.25) is 0 Å². The molecule has 1 aromatic carbocycles.